The van der Waals surface area contributed by atoms with Crippen molar-refractivity contribution in [3.8, 4) is 0 Å². The maximum absolute atomic E-state index is 12.6. The van der Waals surface area contributed by atoms with Crippen LogP contribution in [0.5, 0.6) is 0 Å². The summed E-state index contributed by atoms with van der Waals surface area (Å²) >= 11 is 0. The highest BCUT2D eigenvalue weighted by Crippen LogP contribution is 2.55. The first-order valence-electron chi connectivity index (χ1n) is 11.7. The van der Waals surface area contributed by atoms with Gasteiger partial charge in [0.05, 0.1) is 6.61 Å². The van der Waals surface area contributed by atoms with Crippen LogP contribution < -0.4 is 16.1 Å². The smallest absolute Gasteiger partial charge is 0.315 e. The number of urea groups is 1. The summed E-state index contributed by atoms with van der Waals surface area (Å²) in [6.07, 6.45) is 7.51. The van der Waals surface area contributed by atoms with Gasteiger partial charge in [0.25, 0.3) is 5.91 Å². The Bertz CT molecular complexity index is 923. The van der Waals surface area contributed by atoms with E-state index >= 15 is 0 Å². The molecule has 4 aliphatic rings. The van der Waals surface area contributed by atoms with Gasteiger partial charge in [0, 0.05) is 17.6 Å². The van der Waals surface area contributed by atoms with Crippen LogP contribution in [0.15, 0.2) is 54.6 Å². The van der Waals surface area contributed by atoms with Crippen LogP contribution in [0.1, 0.15) is 60.0 Å². The number of nitrogens with one attached hydrogen (secondary N) is 3. The van der Waals surface area contributed by atoms with Crippen LogP contribution in [0, 0.1) is 17.8 Å². The number of benzene rings is 2. The van der Waals surface area contributed by atoms with Gasteiger partial charge in [-0.2, -0.15) is 0 Å². The zero-order valence-electron chi connectivity index (χ0n) is 18.3. The summed E-state index contributed by atoms with van der Waals surface area (Å²) in [6, 6.07) is 16.8. The molecule has 168 valence electrons. The van der Waals surface area contributed by atoms with Crippen LogP contribution in [0.25, 0.3) is 0 Å². The summed E-state index contributed by atoms with van der Waals surface area (Å²) in [4.78, 5) is 30.2. The monoisotopic (exact) mass is 433 g/mol. The van der Waals surface area contributed by atoms with Crippen molar-refractivity contribution in [1.82, 2.24) is 16.1 Å². The van der Waals surface area contributed by atoms with Crippen LogP contribution in [0.3, 0.4) is 0 Å². The predicted molar refractivity (Wildman–Crippen MR) is 121 cm³/mol. The van der Waals surface area contributed by atoms with Gasteiger partial charge in [-0.3, -0.25) is 9.63 Å². The lowest BCUT2D eigenvalue weighted by Gasteiger charge is -2.56. The molecule has 3 N–H and O–H groups in total. The maximum Gasteiger partial charge on any atom is 0.315 e. The van der Waals surface area contributed by atoms with Gasteiger partial charge in [0.1, 0.15) is 0 Å². The lowest BCUT2D eigenvalue weighted by molar-refractivity contribution is -0.0135. The lowest BCUT2D eigenvalue weighted by atomic mass is 9.53. The van der Waals surface area contributed by atoms with Crippen molar-refractivity contribution in [2.24, 2.45) is 17.8 Å². The molecule has 0 heterocycles. The molecule has 0 spiro atoms. The molecule has 2 aromatic rings. The molecule has 6 heteroatoms. The van der Waals surface area contributed by atoms with Gasteiger partial charge >= 0.3 is 6.03 Å². The van der Waals surface area contributed by atoms with Crippen LogP contribution in [-0.2, 0) is 18.0 Å². The Balaban J connectivity index is 1.07. The molecule has 3 amide bonds. The molecule has 0 radical (unpaired) electrons. The van der Waals surface area contributed by atoms with Crippen molar-refractivity contribution >= 4 is 11.9 Å². The summed E-state index contributed by atoms with van der Waals surface area (Å²) in [5.74, 6) is 2.12. The van der Waals surface area contributed by atoms with Gasteiger partial charge in [-0.25, -0.2) is 10.3 Å². The molecule has 0 aromatic heterocycles. The van der Waals surface area contributed by atoms with Gasteiger partial charge in [0.15, 0.2) is 0 Å². The Labute approximate surface area is 189 Å². The first kappa shape index (κ1) is 21.0. The number of rotatable bonds is 7. The molecule has 0 saturated heterocycles. The molecule has 6 rings (SSSR count). The normalized spacial score (nSPS) is 27.7. The highest BCUT2D eigenvalue weighted by atomic mass is 16.6. The van der Waals surface area contributed by atoms with E-state index < -0.39 is 0 Å². The van der Waals surface area contributed by atoms with Crippen molar-refractivity contribution in [2.75, 3.05) is 0 Å². The number of carbonyl (C=O) groups excluding carboxylic acids is 2. The summed E-state index contributed by atoms with van der Waals surface area (Å²) in [6.45, 7) is 0.748. The molecule has 0 atom stereocenters. The molecule has 32 heavy (non-hydrogen) atoms. The number of hydrogen-bond donors (Lipinski definition) is 3. The van der Waals surface area contributed by atoms with Crippen LogP contribution in [-0.4, -0.2) is 17.5 Å². The average Bonchev–Trinajstić information content (AvgIpc) is 2.77. The van der Waals surface area contributed by atoms with E-state index in [4.69, 9.17) is 4.84 Å². The Hall–Kier alpha value is -2.86. The predicted octanol–water partition coefficient (Wildman–Crippen LogP) is 4.32. The fraction of sp³-hybridized carbons (Fsp3) is 0.462. The molecule has 2 aromatic carbocycles. The van der Waals surface area contributed by atoms with Gasteiger partial charge in [-0.1, -0.05) is 42.5 Å². The lowest BCUT2D eigenvalue weighted by Crippen LogP contribution is -2.61. The molecule has 4 fully saturated rings. The van der Waals surface area contributed by atoms with Gasteiger partial charge in [-0.15, -0.1) is 0 Å². The summed E-state index contributed by atoms with van der Waals surface area (Å²) in [7, 11) is 0. The topological polar surface area (TPSA) is 79.5 Å². The number of hydrogen-bond acceptors (Lipinski definition) is 3. The second kappa shape index (κ2) is 8.94. The average molecular weight is 434 g/mol. The third kappa shape index (κ3) is 4.80. The summed E-state index contributed by atoms with van der Waals surface area (Å²) < 4.78 is 0. The van der Waals surface area contributed by atoms with E-state index in [1.807, 2.05) is 42.5 Å². The molecular formula is C26H31N3O3. The number of hydroxylamine groups is 1. The number of carbonyl (C=O) groups is 2. The van der Waals surface area contributed by atoms with Crippen molar-refractivity contribution in [1.29, 1.82) is 0 Å². The number of amides is 3. The van der Waals surface area contributed by atoms with E-state index in [0.717, 1.165) is 48.1 Å². The van der Waals surface area contributed by atoms with E-state index in [9.17, 15) is 9.59 Å². The molecule has 0 aliphatic heterocycles. The second-order valence-corrected chi connectivity index (χ2v) is 9.91. The van der Waals surface area contributed by atoms with E-state index in [1.54, 1.807) is 12.1 Å². The zero-order valence-corrected chi connectivity index (χ0v) is 18.3. The minimum atomic E-state index is -0.292. The minimum absolute atomic E-state index is 0.0144. The Morgan fingerprint density at radius 3 is 2.09 bits per heavy atom. The molecule has 4 saturated carbocycles. The Kier molecular flexibility index (Phi) is 5.87. The standard InChI is InChI=1S/C26H31N3O3/c30-24(29-32-17-19-4-2-1-3-5-19)23-8-6-18(7-9-23)16-27-25(31)28-26-13-20-10-21(14-26)12-22(11-20)15-26/h1-9,20-22H,10-17H2,(H,29,30)(H2,27,28,31). The van der Waals surface area contributed by atoms with Crippen molar-refractivity contribution < 1.29 is 14.4 Å². The summed E-state index contributed by atoms with van der Waals surface area (Å²) in [5.41, 5.74) is 4.94. The van der Waals surface area contributed by atoms with Crippen LogP contribution >= 0.6 is 0 Å². The van der Waals surface area contributed by atoms with Crippen molar-refractivity contribution in [2.45, 2.75) is 57.2 Å². The van der Waals surface area contributed by atoms with E-state index in [-0.39, 0.29) is 17.5 Å². The first-order valence-corrected chi connectivity index (χ1v) is 11.7. The molecular weight excluding hydrogens is 402 g/mol. The summed E-state index contributed by atoms with van der Waals surface area (Å²) in [5, 5.41) is 6.33. The quantitative estimate of drug-likeness (QED) is 0.569. The fourth-order valence-corrected chi connectivity index (χ4v) is 6.32. The van der Waals surface area contributed by atoms with E-state index in [1.165, 1.54) is 19.3 Å². The first-order chi connectivity index (χ1) is 15.6. The zero-order chi connectivity index (χ0) is 22.0. The van der Waals surface area contributed by atoms with Gasteiger partial charge < -0.3 is 10.6 Å². The third-order valence-corrected chi connectivity index (χ3v) is 7.33. The Morgan fingerprint density at radius 1 is 0.844 bits per heavy atom. The minimum Gasteiger partial charge on any atom is -0.334 e. The maximum atomic E-state index is 12.6. The van der Waals surface area contributed by atoms with Crippen LogP contribution in [0.2, 0.25) is 0 Å². The van der Waals surface area contributed by atoms with Crippen molar-refractivity contribution in [3.05, 3.63) is 71.3 Å². The van der Waals surface area contributed by atoms with E-state index in [2.05, 4.69) is 16.1 Å². The highest BCUT2D eigenvalue weighted by Gasteiger charge is 2.51. The third-order valence-electron chi connectivity index (χ3n) is 7.33. The van der Waals surface area contributed by atoms with Crippen LogP contribution in [0.4, 0.5) is 4.79 Å². The van der Waals surface area contributed by atoms with Crippen molar-refractivity contribution in [3.63, 3.8) is 0 Å². The van der Waals surface area contributed by atoms with Gasteiger partial charge in [0.2, 0.25) is 0 Å². The molecule has 6 nitrogen and oxygen atoms in total. The van der Waals surface area contributed by atoms with E-state index in [0.29, 0.717) is 18.7 Å². The largest absolute Gasteiger partial charge is 0.334 e. The molecule has 4 aliphatic carbocycles. The SMILES string of the molecule is O=C(NCc1ccc(C(=O)NOCc2ccccc2)cc1)NC12CC3CC(CC(C3)C1)C2. The fourth-order valence-electron chi connectivity index (χ4n) is 6.32. The Morgan fingerprint density at radius 2 is 1.47 bits per heavy atom. The highest BCUT2D eigenvalue weighted by molar-refractivity contribution is 5.93. The molecule has 4 bridgehead atoms. The van der Waals surface area contributed by atoms with Gasteiger partial charge in [-0.05, 0) is 79.5 Å². The second-order valence-electron chi connectivity index (χ2n) is 9.91. The molecule has 0 unspecified atom stereocenters.